The normalized spacial score (nSPS) is 10.7. The molecule has 0 aliphatic rings. The van der Waals surface area contributed by atoms with Crippen molar-refractivity contribution < 1.29 is 9.13 Å². The Morgan fingerprint density at radius 1 is 1.05 bits per heavy atom. The quantitative estimate of drug-likeness (QED) is 0.452. The molecule has 20 heavy (non-hydrogen) atoms. The fourth-order valence-electron chi connectivity index (χ4n) is 1.62. The molecule has 0 N–H and O–H groups in total. The Balaban J connectivity index is 2.19. The second kappa shape index (κ2) is 7.25. The van der Waals surface area contributed by atoms with E-state index in [1.54, 1.807) is 12.1 Å². The summed E-state index contributed by atoms with van der Waals surface area (Å²) in [6.07, 6.45) is 0. The highest BCUT2D eigenvalue weighted by Gasteiger charge is 2.10. The van der Waals surface area contributed by atoms with Crippen LogP contribution in [0.15, 0.2) is 43.7 Å². The lowest BCUT2D eigenvalue weighted by Gasteiger charge is -2.12. The van der Waals surface area contributed by atoms with E-state index < -0.39 is 0 Å². The van der Waals surface area contributed by atoms with Crippen LogP contribution in [0, 0.1) is 5.82 Å². The molecule has 0 unspecified atom stereocenters. The van der Waals surface area contributed by atoms with E-state index in [4.69, 9.17) is 16.3 Å². The van der Waals surface area contributed by atoms with Gasteiger partial charge in [-0.2, -0.15) is 0 Å². The summed E-state index contributed by atoms with van der Waals surface area (Å²) in [6.45, 7) is 0.149. The Labute approximate surface area is 146 Å². The minimum atomic E-state index is -0.302. The first-order valence-corrected chi connectivity index (χ1v) is 8.53. The zero-order chi connectivity index (χ0) is 14.7. The highest BCUT2D eigenvalue weighted by molar-refractivity contribution is 9.11. The van der Waals surface area contributed by atoms with Gasteiger partial charge in [0.25, 0.3) is 0 Å². The minimum absolute atomic E-state index is 0.149. The summed E-state index contributed by atoms with van der Waals surface area (Å²) in [6, 6.07) is 8.65. The van der Waals surface area contributed by atoms with E-state index in [2.05, 4.69) is 47.8 Å². The third kappa shape index (κ3) is 3.97. The zero-order valence-electron chi connectivity index (χ0n) is 10.1. The average molecular weight is 487 g/mol. The highest BCUT2D eigenvalue weighted by Crippen LogP contribution is 2.35. The maximum atomic E-state index is 13.7. The molecule has 0 bridgehead atoms. The van der Waals surface area contributed by atoms with Crippen LogP contribution < -0.4 is 4.74 Å². The number of alkyl halides is 1. The van der Waals surface area contributed by atoms with Crippen molar-refractivity contribution in [2.75, 3.05) is 0 Å². The van der Waals surface area contributed by atoms with Crippen LogP contribution >= 0.6 is 59.4 Å². The molecule has 2 rings (SSSR count). The van der Waals surface area contributed by atoms with E-state index in [0.717, 1.165) is 14.5 Å². The van der Waals surface area contributed by atoms with Gasteiger partial charge >= 0.3 is 0 Å². The summed E-state index contributed by atoms with van der Waals surface area (Å²) in [7, 11) is 0. The van der Waals surface area contributed by atoms with Crippen molar-refractivity contribution in [1.82, 2.24) is 0 Å². The van der Waals surface area contributed by atoms with Gasteiger partial charge < -0.3 is 4.74 Å². The van der Waals surface area contributed by atoms with Crippen LogP contribution in [0.25, 0.3) is 0 Å². The summed E-state index contributed by atoms with van der Waals surface area (Å²) in [5.41, 5.74) is 1.46. The van der Waals surface area contributed by atoms with Crippen LogP contribution in [0.1, 0.15) is 11.1 Å². The Morgan fingerprint density at radius 3 is 2.25 bits per heavy atom. The molecular formula is C14H9Br3ClFO. The number of ether oxygens (including phenoxy) is 1. The topological polar surface area (TPSA) is 9.23 Å². The molecule has 0 amide bonds. The van der Waals surface area contributed by atoms with Crippen molar-refractivity contribution in [3.63, 3.8) is 0 Å². The number of hydrogen-bond donors (Lipinski definition) is 0. The molecule has 0 radical (unpaired) electrons. The van der Waals surface area contributed by atoms with Crippen LogP contribution in [0.2, 0.25) is 0 Å². The van der Waals surface area contributed by atoms with Gasteiger partial charge in [-0.1, -0.05) is 22.0 Å². The number of halogens is 5. The van der Waals surface area contributed by atoms with Gasteiger partial charge in [-0.15, -0.1) is 11.6 Å². The number of rotatable bonds is 4. The Hall–Kier alpha value is -0.100. The van der Waals surface area contributed by atoms with E-state index in [1.165, 1.54) is 6.07 Å². The van der Waals surface area contributed by atoms with Gasteiger partial charge in [-0.3, -0.25) is 0 Å². The van der Waals surface area contributed by atoms with Crippen molar-refractivity contribution >= 4 is 59.4 Å². The lowest BCUT2D eigenvalue weighted by atomic mass is 10.2. The van der Waals surface area contributed by atoms with Crippen molar-refractivity contribution in [1.29, 1.82) is 0 Å². The lowest BCUT2D eigenvalue weighted by Crippen LogP contribution is -2.00. The average Bonchev–Trinajstić information content (AvgIpc) is 2.39. The molecule has 0 aliphatic heterocycles. The second-order valence-corrected chi connectivity index (χ2v) is 6.94. The molecule has 0 saturated heterocycles. The smallest absolute Gasteiger partial charge is 0.148 e. The lowest BCUT2D eigenvalue weighted by molar-refractivity contribution is 0.296. The third-order valence-electron chi connectivity index (χ3n) is 2.60. The summed E-state index contributed by atoms with van der Waals surface area (Å²) in [4.78, 5) is 0. The first-order chi connectivity index (χ1) is 9.51. The minimum Gasteiger partial charge on any atom is -0.486 e. The summed E-state index contributed by atoms with van der Waals surface area (Å²) < 4.78 is 21.7. The van der Waals surface area contributed by atoms with Gasteiger partial charge in [-0.05, 0) is 61.7 Å². The largest absolute Gasteiger partial charge is 0.486 e. The number of benzene rings is 2. The van der Waals surface area contributed by atoms with Gasteiger partial charge in [0.1, 0.15) is 18.2 Å². The molecule has 6 heteroatoms. The van der Waals surface area contributed by atoms with Crippen molar-refractivity contribution in [3.05, 3.63) is 60.7 Å². The van der Waals surface area contributed by atoms with E-state index in [0.29, 0.717) is 21.7 Å². The summed E-state index contributed by atoms with van der Waals surface area (Å²) in [5.74, 6) is 0.740. The van der Waals surface area contributed by atoms with Crippen molar-refractivity contribution in [2.24, 2.45) is 0 Å². The van der Waals surface area contributed by atoms with E-state index in [9.17, 15) is 4.39 Å². The third-order valence-corrected chi connectivity index (χ3v) is 4.58. The van der Waals surface area contributed by atoms with Crippen LogP contribution in [0.4, 0.5) is 4.39 Å². The van der Waals surface area contributed by atoms with Crippen LogP contribution in [-0.4, -0.2) is 0 Å². The van der Waals surface area contributed by atoms with Gasteiger partial charge in [0.15, 0.2) is 0 Å². The molecule has 0 saturated carbocycles. The molecule has 2 aromatic carbocycles. The standard InChI is InChI=1S/C14H9Br3ClFO/c15-10-2-1-9(13(19)5-10)7-20-14-11(16)3-8(6-18)4-12(14)17/h1-5H,6-7H2. The molecular weight excluding hydrogens is 478 g/mol. The fraction of sp³-hybridized carbons (Fsp3) is 0.143. The van der Waals surface area contributed by atoms with E-state index in [-0.39, 0.29) is 12.4 Å². The zero-order valence-corrected chi connectivity index (χ0v) is 15.6. The van der Waals surface area contributed by atoms with Crippen molar-refractivity contribution in [2.45, 2.75) is 12.5 Å². The van der Waals surface area contributed by atoms with Crippen LogP contribution in [0.3, 0.4) is 0 Å². The monoisotopic (exact) mass is 484 g/mol. The van der Waals surface area contributed by atoms with Gasteiger partial charge in [0, 0.05) is 15.9 Å². The van der Waals surface area contributed by atoms with E-state index >= 15 is 0 Å². The second-order valence-electron chi connectivity index (χ2n) is 4.05. The highest BCUT2D eigenvalue weighted by atomic mass is 79.9. The van der Waals surface area contributed by atoms with Gasteiger partial charge in [-0.25, -0.2) is 4.39 Å². The van der Waals surface area contributed by atoms with Gasteiger partial charge in [0.05, 0.1) is 8.95 Å². The molecule has 2 aromatic rings. The first-order valence-electron chi connectivity index (χ1n) is 5.62. The maximum absolute atomic E-state index is 13.7. The van der Waals surface area contributed by atoms with Crippen LogP contribution in [0.5, 0.6) is 5.75 Å². The predicted molar refractivity (Wildman–Crippen MR) is 89.8 cm³/mol. The Bertz CT molecular complexity index is 611. The molecule has 0 aliphatic carbocycles. The molecule has 0 aromatic heterocycles. The molecule has 1 nitrogen and oxygen atoms in total. The molecule has 0 fully saturated rings. The molecule has 0 heterocycles. The summed E-state index contributed by atoms with van der Waals surface area (Å²) >= 11 is 15.9. The Morgan fingerprint density at radius 2 is 1.70 bits per heavy atom. The SMILES string of the molecule is Fc1cc(Br)ccc1COc1c(Br)cc(CCl)cc1Br. The number of hydrogen-bond acceptors (Lipinski definition) is 1. The molecule has 0 atom stereocenters. The van der Waals surface area contributed by atoms with Gasteiger partial charge in [0.2, 0.25) is 0 Å². The predicted octanol–water partition coefficient (Wildman–Crippen LogP) is 6.43. The Kier molecular flexibility index (Phi) is 5.90. The molecule has 0 spiro atoms. The van der Waals surface area contributed by atoms with Crippen molar-refractivity contribution in [3.8, 4) is 5.75 Å². The first kappa shape index (κ1) is 16.3. The fourth-order valence-corrected chi connectivity index (χ4v) is 3.61. The summed E-state index contributed by atoms with van der Waals surface area (Å²) in [5, 5.41) is 0. The molecule has 106 valence electrons. The maximum Gasteiger partial charge on any atom is 0.148 e. The van der Waals surface area contributed by atoms with Crippen LogP contribution in [-0.2, 0) is 12.5 Å². The van der Waals surface area contributed by atoms with E-state index in [1.807, 2.05) is 12.1 Å².